The molecule has 4 rings (SSSR count). The van der Waals surface area contributed by atoms with Crippen LogP contribution in [0.25, 0.3) is 16.0 Å². The molecule has 1 amide bonds. The first kappa shape index (κ1) is 15.3. The third kappa shape index (κ3) is 2.81. The number of nitrogens with one attached hydrogen (secondary N) is 1. The monoisotopic (exact) mass is 342 g/mol. The van der Waals surface area contributed by atoms with Gasteiger partial charge in [-0.3, -0.25) is 14.0 Å². The van der Waals surface area contributed by atoms with Crippen LogP contribution in [0.15, 0.2) is 35.1 Å². The highest BCUT2D eigenvalue weighted by Gasteiger charge is 2.15. The van der Waals surface area contributed by atoms with Crippen molar-refractivity contribution >= 4 is 33.2 Å². The summed E-state index contributed by atoms with van der Waals surface area (Å²) in [4.78, 5) is 32.5. The van der Waals surface area contributed by atoms with E-state index in [1.165, 1.54) is 30.2 Å². The number of aromatic nitrogens is 2. The molecule has 0 unspecified atom stereocenters. The molecule has 0 atom stereocenters. The smallest absolute Gasteiger partial charge is 0.261 e. The van der Waals surface area contributed by atoms with Crippen LogP contribution in [0.3, 0.4) is 0 Å². The highest BCUT2D eigenvalue weighted by molar-refractivity contribution is 7.18. The lowest BCUT2D eigenvalue weighted by molar-refractivity contribution is 0.0953. The molecule has 3 heterocycles. The maximum atomic E-state index is 12.4. The fourth-order valence-electron chi connectivity index (χ4n) is 3.12. The van der Waals surface area contributed by atoms with E-state index < -0.39 is 0 Å². The molecule has 1 aromatic carbocycles. The van der Waals surface area contributed by atoms with Gasteiger partial charge in [-0.1, -0.05) is 23.5 Å². The molecule has 0 radical (unpaired) electrons. The van der Waals surface area contributed by atoms with E-state index >= 15 is 0 Å². The molecule has 124 valence electrons. The number of para-hydroxylation sites is 2. The normalized spacial score (nSPS) is 15.3. The Morgan fingerprint density at radius 3 is 2.88 bits per heavy atom. The van der Waals surface area contributed by atoms with E-state index in [2.05, 4.69) is 15.2 Å². The van der Waals surface area contributed by atoms with Crippen LogP contribution in [-0.2, 0) is 0 Å². The lowest BCUT2D eigenvalue weighted by Crippen LogP contribution is -2.33. The van der Waals surface area contributed by atoms with Gasteiger partial charge in [-0.25, -0.2) is 4.98 Å². The van der Waals surface area contributed by atoms with Gasteiger partial charge in [-0.2, -0.15) is 0 Å². The maximum absolute atomic E-state index is 12.4. The largest absolute Gasteiger partial charge is 0.350 e. The van der Waals surface area contributed by atoms with Gasteiger partial charge >= 0.3 is 0 Å². The maximum Gasteiger partial charge on any atom is 0.261 e. The molecule has 6 nitrogen and oxygen atoms in total. The first-order chi connectivity index (χ1) is 11.7. The summed E-state index contributed by atoms with van der Waals surface area (Å²) in [5, 5.41) is 2.91. The topological polar surface area (TPSA) is 66.7 Å². The minimum absolute atomic E-state index is 0.203. The zero-order valence-electron chi connectivity index (χ0n) is 13.2. The number of hydrogen-bond acceptors (Lipinski definition) is 5. The Balaban J connectivity index is 1.56. The molecule has 0 spiro atoms. The third-order valence-corrected chi connectivity index (χ3v) is 5.32. The highest BCUT2D eigenvalue weighted by atomic mass is 32.1. The fourth-order valence-corrected chi connectivity index (χ4v) is 4.07. The average Bonchev–Trinajstić information content (AvgIpc) is 3.21. The van der Waals surface area contributed by atoms with Crippen molar-refractivity contribution < 1.29 is 4.79 Å². The molecule has 0 aliphatic carbocycles. The van der Waals surface area contributed by atoms with Crippen molar-refractivity contribution in [3.63, 3.8) is 0 Å². The number of rotatable bonds is 4. The summed E-state index contributed by atoms with van der Waals surface area (Å²) >= 11 is 1.24. The molecular weight excluding hydrogens is 324 g/mol. The Bertz CT molecular complexity index is 956. The number of likely N-dealkylation sites (tertiary alicyclic amines) is 1. The van der Waals surface area contributed by atoms with Crippen molar-refractivity contribution in [1.82, 2.24) is 19.6 Å². The average molecular weight is 342 g/mol. The summed E-state index contributed by atoms with van der Waals surface area (Å²) in [6, 6.07) is 8.88. The zero-order valence-corrected chi connectivity index (χ0v) is 14.0. The van der Waals surface area contributed by atoms with Crippen molar-refractivity contribution in [3.05, 3.63) is 45.6 Å². The number of hydrogen-bond donors (Lipinski definition) is 1. The number of carbonyl (C=O) groups is 1. The van der Waals surface area contributed by atoms with E-state index in [9.17, 15) is 9.59 Å². The molecule has 24 heavy (non-hydrogen) atoms. The van der Waals surface area contributed by atoms with Gasteiger partial charge in [-0.05, 0) is 38.1 Å². The second kappa shape index (κ2) is 6.33. The van der Waals surface area contributed by atoms with Crippen molar-refractivity contribution in [2.45, 2.75) is 12.8 Å². The predicted octanol–water partition coefficient (Wildman–Crippen LogP) is 1.73. The quantitative estimate of drug-likeness (QED) is 0.784. The number of imidazole rings is 1. The zero-order chi connectivity index (χ0) is 16.5. The van der Waals surface area contributed by atoms with Crippen LogP contribution in [0.1, 0.15) is 22.5 Å². The van der Waals surface area contributed by atoms with Gasteiger partial charge in [0.05, 0.1) is 11.0 Å². The molecular formula is C17H18N4O2S. The second-order valence-electron chi connectivity index (χ2n) is 5.97. The Hall–Kier alpha value is -2.25. The minimum Gasteiger partial charge on any atom is -0.350 e. The van der Waals surface area contributed by atoms with Gasteiger partial charge in [0.1, 0.15) is 4.88 Å². The summed E-state index contributed by atoms with van der Waals surface area (Å²) in [7, 11) is 0. The van der Waals surface area contributed by atoms with Gasteiger partial charge in [0.15, 0.2) is 4.96 Å². The van der Waals surface area contributed by atoms with Crippen molar-refractivity contribution in [3.8, 4) is 0 Å². The van der Waals surface area contributed by atoms with Crippen LogP contribution >= 0.6 is 11.3 Å². The van der Waals surface area contributed by atoms with E-state index in [0.717, 1.165) is 30.7 Å². The Morgan fingerprint density at radius 2 is 2.04 bits per heavy atom. The molecule has 1 aliphatic rings. The third-order valence-electron chi connectivity index (χ3n) is 4.34. The lowest BCUT2D eigenvalue weighted by atomic mass is 10.3. The van der Waals surface area contributed by atoms with Crippen molar-refractivity contribution in [2.24, 2.45) is 0 Å². The molecule has 7 heteroatoms. The van der Waals surface area contributed by atoms with Crippen molar-refractivity contribution in [2.75, 3.05) is 26.2 Å². The van der Waals surface area contributed by atoms with Gasteiger partial charge in [0.2, 0.25) is 0 Å². The standard InChI is InChI=1S/C17H18N4O2S/c22-15-11-14(16(23)18-7-10-20-8-3-4-9-20)24-17-19-12-5-1-2-6-13(12)21(15)17/h1-2,5-6,11H,3-4,7-10H2,(H,18,23). The summed E-state index contributed by atoms with van der Waals surface area (Å²) in [5.74, 6) is -0.203. The van der Waals surface area contributed by atoms with Crippen LogP contribution < -0.4 is 10.9 Å². The molecule has 1 saturated heterocycles. The highest BCUT2D eigenvalue weighted by Crippen LogP contribution is 2.19. The fraction of sp³-hybridized carbons (Fsp3) is 0.353. The van der Waals surface area contributed by atoms with E-state index in [1.54, 1.807) is 4.40 Å². The van der Waals surface area contributed by atoms with Gasteiger partial charge in [0.25, 0.3) is 11.5 Å². The molecule has 0 bridgehead atoms. The van der Waals surface area contributed by atoms with Crippen LogP contribution in [-0.4, -0.2) is 46.4 Å². The summed E-state index contributed by atoms with van der Waals surface area (Å²) in [5.41, 5.74) is 1.31. The van der Waals surface area contributed by atoms with Gasteiger partial charge in [-0.15, -0.1) is 0 Å². The van der Waals surface area contributed by atoms with Gasteiger partial charge in [0, 0.05) is 19.2 Å². The SMILES string of the molecule is O=C(NCCN1CCCC1)c1cc(=O)n2c(nc3ccccc32)s1. The number of amides is 1. The van der Waals surface area contributed by atoms with Crippen LogP contribution in [0.4, 0.5) is 0 Å². The Morgan fingerprint density at radius 1 is 1.25 bits per heavy atom. The number of nitrogens with zero attached hydrogens (tertiary/aromatic N) is 3. The van der Waals surface area contributed by atoms with Crippen LogP contribution in [0.5, 0.6) is 0 Å². The molecule has 1 N–H and O–H groups in total. The summed E-state index contributed by atoms with van der Waals surface area (Å²) < 4.78 is 1.56. The molecule has 2 aromatic heterocycles. The first-order valence-corrected chi connectivity index (χ1v) is 8.96. The predicted molar refractivity (Wildman–Crippen MR) is 94.9 cm³/mol. The molecule has 1 aliphatic heterocycles. The van der Waals surface area contributed by atoms with Crippen molar-refractivity contribution in [1.29, 1.82) is 0 Å². The van der Waals surface area contributed by atoms with Crippen LogP contribution in [0.2, 0.25) is 0 Å². The van der Waals surface area contributed by atoms with E-state index in [-0.39, 0.29) is 11.5 Å². The minimum atomic E-state index is -0.220. The molecule has 0 saturated carbocycles. The van der Waals surface area contributed by atoms with Gasteiger partial charge < -0.3 is 10.2 Å². The van der Waals surface area contributed by atoms with E-state index in [0.29, 0.717) is 16.4 Å². The first-order valence-electron chi connectivity index (χ1n) is 8.14. The number of benzene rings is 1. The van der Waals surface area contributed by atoms with E-state index in [1.807, 2.05) is 24.3 Å². The second-order valence-corrected chi connectivity index (χ2v) is 6.98. The summed E-state index contributed by atoms with van der Waals surface area (Å²) in [6.07, 6.45) is 2.47. The molecule has 1 fully saturated rings. The number of carbonyl (C=O) groups excluding carboxylic acids is 1. The van der Waals surface area contributed by atoms with E-state index in [4.69, 9.17) is 0 Å². The van der Waals surface area contributed by atoms with Crippen LogP contribution in [0, 0.1) is 0 Å². The lowest BCUT2D eigenvalue weighted by Gasteiger charge is -2.14. The number of fused-ring (bicyclic) bond motifs is 3. The Kier molecular flexibility index (Phi) is 4.03. The molecule has 3 aromatic rings. The summed E-state index contributed by atoms with van der Waals surface area (Å²) in [6.45, 7) is 3.67. The Labute approximate surface area is 142 Å².